The Balaban J connectivity index is 2.81. The van der Waals surface area contributed by atoms with Crippen LogP contribution in [-0.4, -0.2) is 16.2 Å². The molecule has 0 unspecified atom stereocenters. The summed E-state index contributed by atoms with van der Waals surface area (Å²) in [6.07, 6.45) is 0. The molecule has 0 saturated carbocycles. The molecule has 0 saturated heterocycles. The van der Waals surface area contributed by atoms with E-state index < -0.39 is 0 Å². The van der Waals surface area contributed by atoms with Gasteiger partial charge in [-0.1, -0.05) is 23.2 Å². The largest absolute Gasteiger partial charge is 0.474 e. The van der Waals surface area contributed by atoms with E-state index >= 15 is 0 Å². The Morgan fingerprint density at radius 2 is 2.00 bits per heavy atom. The van der Waals surface area contributed by atoms with Gasteiger partial charge in [-0.25, -0.2) is 4.98 Å². The van der Waals surface area contributed by atoms with E-state index in [1.54, 1.807) is 26.1 Å². The molecule has 4 nitrogen and oxygen atoms in total. The maximum Gasteiger partial charge on any atom is 0.313 e. The Labute approximate surface area is 108 Å². The van der Waals surface area contributed by atoms with E-state index in [4.69, 9.17) is 27.9 Å². The minimum Gasteiger partial charge on any atom is -0.474 e. The van der Waals surface area contributed by atoms with E-state index in [0.717, 1.165) is 0 Å². The first kappa shape index (κ1) is 12.2. The van der Waals surface area contributed by atoms with Crippen molar-refractivity contribution < 1.29 is 4.74 Å². The number of halogens is 2. The number of nitrogens with zero attached hydrogens (tertiary/aromatic N) is 2. The zero-order chi connectivity index (χ0) is 12.6. The summed E-state index contributed by atoms with van der Waals surface area (Å²) in [5.41, 5.74) is 0.899. The quantitative estimate of drug-likeness (QED) is 0.844. The number of aromatic nitrogens is 2. The van der Waals surface area contributed by atoms with Gasteiger partial charge in [0.05, 0.1) is 27.7 Å². The smallest absolute Gasteiger partial charge is 0.313 e. The second-order valence-electron chi connectivity index (χ2n) is 3.47. The standard InChI is InChI=1S/C11H10Cl2N2O2/c1-3-17-10-11(16)15(2)9-5-7(13)6(12)4-8(9)14-10/h4-5H,3H2,1-2H3. The Bertz CT molecular complexity index is 637. The van der Waals surface area contributed by atoms with Crippen molar-refractivity contribution in [2.24, 2.45) is 7.05 Å². The first-order valence-corrected chi connectivity index (χ1v) is 5.78. The molecule has 0 aliphatic rings. The van der Waals surface area contributed by atoms with Crippen molar-refractivity contribution in [2.45, 2.75) is 6.92 Å². The predicted octanol–water partition coefficient (Wildman–Crippen LogP) is 2.64. The van der Waals surface area contributed by atoms with Crippen LogP contribution in [0.15, 0.2) is 16.9 Å². The van der Waals surface area contributed by atoms with Gasteiger partial charge in [0, 0.05) is 7.05 Å². The highest BCUT2D eigenvalue weighted by atomic mass is 35.5. The summed E-state index contributed by atoms with van der Waals surface area (Å²) in [6.45, 7) is 2.18. The zero-order valence-electron chi connectivity index (χ0n) is 9.33. The lowest BCUT2D eigenvalue weighted by atomic mass is 10.3. The van der Waals surface area contributed by atoms with Crippen molar-refractivity contribution in [3.8, 4) is 5.88 Å². The van der Waals surface area contributed by atoms with E-state index in [2.05, 4.69) is 4.98 Å². The lowest BCUT2D eigenvalue weighted by molar-refractivity contribution is 0.321. The number of hydrogen-bond donors (Lipinski definition) is 0. The van der Waals surface area contributed by atoms with Crippen molar-refractivity contribution in [2.75, 3.05) is 6.61 Å². The lowest BCUT2D eigenvalue weighted by Crippen LogP contribution is -2.21. The minimum absolute atomic E-state index is 0.0703. The average molecular weight is 273 g/mol. The minimum atomic E-state index is -0.294. The summed E-state index contributed by atoms with van der Waals surface area (Å²) in [6, 6.07) is 3.23. The molecule has 17 heavy (non-hydrogen) atoms. The summed E-state index contributed by atoms with van der Waals surface area (Å²) in [5.74, 6) is 0.0703. The maximum atomic E-state index is 11.9. The van der Waals surface area contributed by atoms with Crippen molar-refractivity contribution in [1.29, 1.82) is 0 Å². The second kappa shape index (κ2) is 4.55. The Morgan fingerprint density at radius 1 is 1.35 bits per heavy atom. The predicted molar refractivity (Wildman–Crippen MR) is 68.2 cm³/mol. The molecule has 0 atom stereocenters. The first-order valence-electron chi connectivity index (χ1n) is 5.03. The number of aryl methyl sites for hydroxylation is 1. The average Bonchev–Trinajstić information content (AvgIpc) is 2.29. The highest BCUT2D eigenvalue weighted by Gasteiger charge is 2.11. The van der Waals surface area contributed by atoms with Crippen LogP contribution >= 0.6 is 23.2 Å². The molecule has 0 bridgehead atoms. The van der Waals surface area contributed by atoms with E-state index in [1.807, 2.05) is 0 Å². The van der Waals surface area contributed by atoms with E-state index in [1.165, 1.54) is 4.57 Å². The highest BCUT2D eigenvalue weighted by molar-refractivity contribution is 6.42. The molecule has 0 N–H and O–H groups in total. The molecule has 2 aromatic rings. The van der Waals surface area contributed by atoms with Crippen LogP contribution in [0.5, 0.6) is 5.88 Å². The van der Waals surface area contributed by atoms with Crippen molar-refractivity contribution in [1.82, 2.24) is 9.55 Å². The molecule has 1 aromatic carbocycles. The van der Waals surface area contributed by atoms with E-state index in [-0.39, 0.29) is 11.4 Å². The third kappa shape index (κ3) is 2.10. The lowest BCUT2D eigenvalue weighted by Gasteiger charge is -2.08. The molecule has 0 aliphatic carbocycles. The van der Waals surface area contributed by atoms with Gasteiger partial charge in [0.1, 0.15) is 0 Å². The molecule has 90 valence electrons. The topological polar surface area (TPSA) is 44.1 Å². The Kier molecular flexibility index (Phi) is 3.26. The highest BCUT2D eigenvalue weighted by Crippen LogP contribution is 2.26. The fraction of sp³-hybridized carbons (Fsp3) is 0.273. The van der Waals surface area contributed by atoms with Crippen LogP contribution in [-0.2, 0) is 7.05 Å². The molecule has 1 heterocycles. The Hall–Kier alpha value is -1.26. The fourth-order valence-corrected chi connectivity index (χ4v) is 1.84. The van der Waals surface area contributed by atoms with Crippen molar-refractivity contribution in [3.63, 3.8) is 0 Å². The number of hydrogen-bond acceptors (Lipinski definition) is 3. The van der Waals surface area contributed by atoms with Gasteiger partial charge in [-0.2, -0.15) is 0 Å². The Morgan fingerprint density at radius 3 is 2.65 bits per heavy atom. The molecule has 2 rings (SSSR count). The van der Waals surface area contributed by atoms with Crippen LogP contribution in [0.4, 0.5) is 0 Å². The number of ether oxygens (including phenoxy) is 1. The van der Waals surface area contributed by atoms with Gasteiger partial charge in [0.2, 0.25) is 0 Å². The van der Waals surface area contributed by atoms with Gasteiger partial charge >= 0.3 is 5.56 Å². The van der Waals surface area contributed by atoms with Gasteiger partial charge < -0.3 is 9.30 Å². The van der Waals surface area contributed by atoms with Crippen molar-refractivity contribution >= 4 is 34.2 Å². The van der Waals surface area contributed by atoms with E-state index in [0.29, 0.717) is 27.7 Å². The maximum absolute atomic E-state index is 11.9. The zero-order valence-corrected chi connectivity index (χ0v) is 10.8. The molecule has 0 fully saturated rings. The third-order valence-corrected chi connectivity index (χ3v) is 3.09. The molecule has 6 heteroatoms. The molecular weight excluding hydrogens is 263 g/mol. The van der Waals surface area contributed by atoms with Crippen LogP contribution < -0.4 is 10.3 Å². The monoisotopic (exact) mass is 272 g/mol. The molecular formula is C11H10Cl2N2O2. The molecule has 1 aromatic heterocycles. The van der Waals surface area contributed by atoms with E-state index in [9.17, 15) is 4.79 Å². The molecule has 0 amide bonds. The first-order chi connectivity index (χ1) is 8.04. The summed E-state index contributed by atoms with van der Waals surface area (Å²) in [5, 5.41) is 0.785. The van der Waals surface area contributed by atoms with Gasteiger partial charge in [-0.15, -0.1) is 0 Å². The van der Waals surface area contributed by atoms with Gasteiger partial charge in [0.25, 0.3) is 5.88 Å². The van der Waals surface area contributed by atoms with Crippen LogP contribution in [0.2, 0.25) is 10.0 Å². The molecule has 0 aliphatic heterocycles. The van der Waals surface area contributed by atoms with Gasteiger partial charge in [-0.05, 0) is 19.1 Å². The summed E-state index contributed by atoms with van der Waals surface area (Å²) < 4.78 is 6.62. The fourth-order valence-electron chi connectivity index (χ4n) is 1.52. The van der Waals surface area contributed by atoms with Crippen LogP contribution in [0.3, 0.4) is 0 Å². The van der Waals surface area contributed by atoms with Crippen LogP contribution in [0.25, 0.3) is 11.0 Å². The summed E-state index contributed by atoms with van der Waals surface area (Å²) in [4.78, 5) is 16.0. The number of fused-ring (bicyclic) bond motifs is 1. The number of rotatable bonds is 2. The van der Waals surface area contributed by atoms with Crippen LogP contribution in [0.1, 0.15) is 6.92 Å². The van der Waals surface area contributed by atoms with Gasteiger partial charge in [-0.3, -0.25) is 4.79 Å². The number of benzene rings is 1. The van der Waals surface area contributed by atoms with Crippen molar-refractivity contribution in [3.05, 3.63) is 32.5 Å². The summed E-state index contributed by atoms with van der Waals surface area (Å²) in [7, 11) is 1.64. The SMILES string of the molecule is CCOc1nc2cc(Cl)c(Cl)cc2n(C)c1=O. The van der Waals surface area contributed by atoms with Crippen LogP contribution in [0, 0.1) is 0 Å². The normalized spacial score (nSPS) is 10.8. The second-order valence-corrected chi connectivity index (χ2v) is 4.28. The van der Waals surface area contributed by atoms with Gasteiger partial charge in [0.15, 0.2) is 0 Å². The molecule has 0 radical (unpaired) electrons. The summed E-state index contributed by atoms with van der Waals surface area (Å²) >= 11 is 11.8. The molecule has 0 spiro atoms. The third-order valence-electron chi connectivity index (χ3n) is 2.37.